The van der Waals surface area contributed by atoms with Crippen molar-refractivity contribution in [1.29, 1.82) is 0 Å². The fraction of sp³-hybridized carbons (Fsp3) is 0.235. The second-order valence-electron chi connectivity index (χ2n) is 5.58. The van der Waals surface area contributed by atoms with Crippen LogP contribution in [0.1, 0.15) is 23.1 Å². The number of rotatable bonds is 4. The molecule has 4 rings (SSSR count). The third-order valence-corrected chi connectivity index (χ3v) is 4.83. The number of hydrogen-bond acceptors (Lipinski definition) is 5. The predicted molar refractivity (Wildman–Crippen MR) is 86.8 cm³/mol. The molecule has 6 heteroatoms. The van der Waals surface area contributed by atoms with Gasteiger partial charge in [-0.2, -0.15) is 4.98 Å². The van der Waals surface area contributed by atoms with Gasteiger partial charge in [-0.05, 0) is 11.4 Å². The molecular weight excluding hydrogens is 310 g/mol. The molecule has 1 aliphatic rings. The summed E-state index contributed by atoms with van der Waals surface area (Å²) in [6, 6.07) is 13.8. The SMILES string of the molecule is O=C1C[C@H](c2nc(-c3ccccc3)no2)CN1Cc1cccs1. The topological polar surface area (TPSA) is 59.2 Å². The van der Waals surface area contributed by atoms with E-state index in [0.717, 1.165) is 5.56 Å². The van der Waals surface area contributed by atoms with E-state index >= 15 is 0 Å². The van der Waals surface area contributed by atoms with E-state index in [0.29, 0.717) is 31.2 Å². The van der Waals surface area contributed by atoms with E-state index in [1.54, 1.807) is 11.3 Å². The standard InChI is InChI=1S/C17H15N3O2S/c21-15-9-13(10-20(15)11-14-7-4-8-23-14)17-18-16(19-22-17)12-5-2-1-3-6-12/h1-8,13H,9-11H2/t13-/m0/s1. The van der Waals surface area contributed by atoms with Crippen molar-refractivity contribution >= 4 is 17.2 Å². The number of hydrogen-bond donors (Lipinski definition) is 0. The van der Waals surface area contributed by atoms with Gasteiger partial charge in [0.1, 0.15) is 0 Å². The molecule has 0 saturated carbocycles. The Morgan fingerprint density at radius 2 is 2.09 bits per heavy atom. The highest BCUT2D eigenvalue weighted by atomic mass is 32.1. The van der Waals surface area contributed by atoms with Gasteiger partial charge >= 0.3 is 0 Å². The minimum atomic E-state index is -0.0209. The van der Waals surface area contributed by atoms with E-state index in [9.17, 15) is 4.79 Å². The van der Waals surface area contributed by atoms with Crippen LogP contribution in [0.4, 0.5) is 0 Å². The monoisotopic (exact) mass is 325 g/mol. The minimum absolute atomic E-state index is 0.0209. The van der Waals surface area contributed by atoms with E-state index in [2.05, 4.69) is 10.1 Å². The lowest BCUT2D eigenvalue weighted by molar-refractivity contribution is -0.128. The molecule has 1 aliphatic heterocycles. The van der Waals surface area contributed by atoms with Crippen molar-refractivity contribution in [3.63, 3.8) is 0 Å². The molecule has 0 radical (unpaired) electrons. The van der Waals surface area contributed by atoms with Crippen molar-refractivity contribution in [2.45, 2.75) is 18.9 Å². The van der Waals surface area contributed by atoms with Crippen LogP contribution in [0.2, 0.25) is 0 Å². The summed E-state index contributed by atoms with van der Waals surface area (Å²) in [5, 5.41) is 6.07. The number of thiophene rings is 1. The van der Waals surface area contributed by atoms with Gasteiger partial charge in [0, 0.05) is 23.4 Å². The van der Waals surface area contributed by atoms with Gasteiger partial charge in [0.05, 0.1) is 12.5 Å². The third-order valence-electron chi connectivity index (χ3n) is 3.96. The second-order valence-corrected chi connectivity index (χ2v) is 6.61. The number of nitrogens with zero attached hydrogens (tertiary/aromatic N) is 3. The molecule has 0 unspecified atom stereocenters. The summed E-state index contributed by atoms with van der Waals surface area (Å²) in [5.41, 5.74) is 0.919. The first-order chi connectivity index (χ1) is 11.3. The summed E-state index contributed by atoms with van der Waals surface area (Å²) in [7, 11) is 0. The van der Waals surface area contributed by atoms with Crippen LogP contribution >= 0.6 is 11.3 Å². The van der Waals surface area contributed by atoms with Crippen molar-refractivity contribution < 1.29 is 9.32 Å². The zero-order valence-electron chi connectivity index (χ0n) is 12.4. The van der Waals surface area contributed by atoms with Crippen molar-refractivity contribution in [2.24, 2.45) is 0 Å². The zero-order valence-corrected chi connectivity index (χ0v) is 13.2. The van der Waals surface area contributed by atoms with Gasteiger partial charge < -0.3 is 9.42 Å². The molecule has 0 aliphatic carbocycles. The first kappa shape index (κ1) is 14.1. The molecule has 3 heterocycles. The van der Waals surface area contributed by atoms with Crippen LogP contribution in [0.25, 0.3) is 11.4 Å². The maximum absolute atomic E-state index is 12.2. The van der Waals surface area contributed by atoms with Gasteiger partial charge in [0.2, 0.25) is 17.6 Å². The highest BCUT2D eigenvalue weighted by molar-refractivity contribution is 7.09. The van der Waals surface area contributed by atoms with Crippen LogP contribution in [0, 0.1) is 0 Å². The molecule has 0 bridgehead atoms. The largest absolute Gasteiger partial charge is 0.339 e. The Labute approximate surface area is 137 Å². The molecule has 2 aromatic heterocycles. The lowest BCUT2D eigenvalue weighted by Crippen LogP contribution is -2.23. The molecule has 0 spiro atoms. The molecular formula is C17H15N3O2S. The minimum Gasteiger partial charge on any atom is -0.339 e. The quantitative estimate of drug-likeness (QED) is 0.738. The molecule has 1 atom stereocenters. The maximum Gasteiger partial charge on any atom is 0.232 e. The van der Waals surface area contributed by atoms with Crippen LogP contribution in [-0.4, -0.2) is 27.5 Å². The van der Waals surface area contributed by atoms with E-state index < -0.39 is 0 Å². The summed E-state index contributed by atoms with van der Waals surface area (Å²) in [4.78, 5) is 19.7. The summed E-state index contributed by atoms with van der Waals surface area (Å²) in [6.07, 6.45) is 0.432. The van der Waals surface area contributed by atoms with E-state index in [1.807, 2.05) is 52.7 Å². The Bertz CT molecular complexity index is 798. The van der Waals surface area contributed by atoms with Crippen molar-refractivity contribution in [3.8, 4) is 11.4 Å². The number of carbonyl (C=O) groups excluding carboxylic acids is 1. The fourth-order valence-electron chi connectivity index (χ4n) is 2.79. The molecule has 1 fully saturated rings. The number of amides is 1. The highest BCUT2D eigenvalue weighted by Gasteiger charge is 2.34. The van der Waals surface area contributed by atoms with Crippen molar-refractivity contribution in [3.05, 3.63) is 58.6 Å². The van der Waals surface area contributed by atoms with Crippen LogP contribution < -0.4 is 0 Å². The first-order valence-corrected chi connectivity index (χ1v) is 8.37. The molecule has 1 amide bonds. The average Bonchev–Trinajstić information content (AvgIpc) is 3.31. The first-order valence-electron chi connectivity index (χ1n) is 7.49. The van der Waals surface area contributed by atoms with E-state index in [-0.39, 0.29) is 11.8 Å². The number of likely N-dealkylation sites (tertiary alicyclic amines) is 1. The molecule has 3 aromatic rings. The highest BCUT2D eigenvalue weighted by Crippen LogP contribution is 2.30. The Balaban J connectivity index is 1.49. The lowest BCUT2D eigenvalue weighted by Gasteiger charge is -2.14. The molecule has 23 heavy (non-hydrogen) atoms. The predicted octanol–water partition coefficient (Wildman–Crippen LogP) is 3.31. The van der Waals surface area contributed by atoms with Crippen LogP contribution in [0.15, 0.2) is 52.4 Å². The number of carbonyl (C=O) groups is 1. The maximum atomic E-state index is 12.2. The number of benzene rings is 1. The van der Waals surface area contributed by atoms with Gasteiger partial charge in [-0.25, -0.2) is 0 Å². The summed E-state index contributed by atoms with van der Waals surface area (Å²) in [5.74, 6) is 1.24. The normalized spacial score (nSPS) is 17.8. The van der Waals surface area contributed by atoms with Crippen molar-refractivity contribution in [2.75, 3.05) is 6.54 Å². The van der Waals surface area contributed by atoms with Crippen LogP contribution in [0.5, 0.6) is 0 Å². The molecule has 5 nitrogen and oxygen atoms in total. The second kappa shape index (κ2) is 5.96. The number of aromatic nitrogens is 2. The van der Waals surface area contributed by atoms with Crippen LogP contribution in [0.3, 0.4) is 0 Å². The Morgan fingerprint density at radius 1 is 1.22 bits per heavy atom. The Hall–Kier alpha value is -2.47. The smallest absolute Gasteiger partial charge is 0.232 e. The van der Waals surface area contributed by atoms with Gasteiger partial charge in [-0.1, -0.05) is 41.6 Å². The summed E-state index contributed by atoms with van der Waals surface area (Å²) in [6.45, 7) is 1.29. The van der Waals surface area contributed by atoms with Gasteiger partial charge in [0.25, 0.3) is 0 Å². The molecule has 1 aromatic carbocycles. The fourth-order valence-corrected chi connectivity index (χ4v) is 3.51. The van der Waals surface area contributed by atoms with Gasteiger partial charge in [0.15, 0.2) is 0 Å². The van der Waals surface area contributed by atoms with E-state index in [4.69, 9.17) is 4.52 Å². The third kappa shape index (κ3) is 2.90. The van der Waals surface area contributed by atoms with Gasteiger partial charge in [-0.15, -0.1) is 11.3 Å². The zero-order chi connectivity index (χ0) is 15.6. The Kier molecular flexibility index (Phi) is 3.67. The summed E-state index contributed by atoms with van der Waals surface area (Å²) < 4.78 is 5.40. The molecule has 1 saturated heterocycles. The van der Waals surface area contributed by atoms with Gasteiger partial charge in [-0.3, -0.25) is 4.79 Å². The lowest BCUT2D eigenvalue weighted by atomic mass is 10.1. The summed E-state index contributed by atoms with van der Waals surface area (Å²) >= 11 is 1.66. The van der Waals surface area contributed by atoms with Crippen molar-refractivity contribution in [1.82, 2.24) is 15.0 Å². The molecule has 116 valence electrons. The van der Waals surface area contributed by atoms with E-state index in [1.165, 1.54) is 4.88 Å². The Morgan fingerprint density at radius 3 is 2.87 bits per heavy atom. The van der Waals surface area contributed by atoms with Crippen LogP contribution in [-0.2, 0) is 11.3 Å². The molecule has 0 N–H and O–H groups in total. The average molecular weight is 325 g/mol.